The number of halogens is 3. The van der Waals surface area contributed by atoms with Gasteiger partial charge in [0.05, 0.1) is 23.7 Å². The standard InChI is InChI=1S/C19H20F3N3O3S/c20-19(21,22)15-3-6-18(23-13-15)29-17-5-4-16(25(26)27)12-14(17)2-1-7-24-8-10-28-11-9-24/h3-6,12-13H,1-2,7-11H2. The fraction of sp³-hybridized carbons (Fsp3) is 0.421. The van der Waals surface area contributed by atoms with Crippen LogP contribution in [-0.4, -0.2) is 47.7 Å². The molecule has 2 heterocycles. The lowest BCUT2D eigenvalue weighted by Gasteiger charge is -2.26. The number of alkyl halides is 3. The van der Waals surface area contributed by atoms with Crippen molar-refractivity contribution in [3.05, 3.63) is 57.8 Å². The number of rotatable bonds is 7. The fourth-order valence-corrected chi connectivity index (χ4v) is 3.91. The number of pyridine rings is 1. The molecule has 1 fully saturated rings. The lowest BCUT2D eigenvalue weighted by atomic mass is 10.1. The maximum Gasteiger partial charge on any atom is 0.417 e. The van der Waals surface area contributed by atoms with Crippen molar-refractivity contribution in [2.75, 3.05) is 32.8 Å². The summed E-state index contributed by atoms with van der Waals surface area (Å²) in [5, 5.41) is 11.5. The van der Waals surface area contributed by atoms with Crippen LogP contribution in [0.15, 0.2) is 46.5 Å². The molecule has 1 aromatic carbocycles. The van der Waals surface area contributed by atoms with Gasteiger partial charge in [-0.25, -0.2) is 4.98 Å². The lowest BCUT2D eigenvalue weighted by Crippen LogP contribution is -2.36. The first-order valence-electron chi connectivity index (χ1n) is 9.11. The highest BCUT2D eigenvalue weighted by Crippen LogP contribution is 2.34. The van der Waals surface area contributed by atoms with Gasteiger partial charge in [-0.3, -0.25) is 15.0 Å². The Morgan fingerprint density at radius 1 is 1.21 bits per heavy atom. The van der Waals surface area contributed by atoms with Crippen LogP contribution in [0.2, 0.25) is 0 Å². The minimum absolute atomic E-state index is 0.00361. The molecule has 0 aliphatic carbocycles. The van der Waals surface area contributed by atoms with Gasteiger partial charge >= 0.3 is 6.18 Å². The fourth-order valence-electron chi connectivity index (χ4n) is 3.01. The van der Waals surface area contributed by atoms with Crippen LogP contribution >= 0.6 is 11.8 Å². The van der Waals surface area contributed by atoms with Crippen LogP contribution in [0.5, 0.6) is 0 Å². The maximum atomic E-state index is 12.7. The Kier molecular flexibility index (Phi) is 7.09. The minimum Gasteiger partial charge on any atom is -0.379 e. The van der Waals surface area contributed by atoms with Crippen molar-refractivity contribution in [3.8, 4) is 0 Å². The third kappa shape index (κ3) is 6.15. The van der Waals surface area contributed by atoms with Crippen LogP contribution in [0.3, 0.4) is 0 Å². The first-order chi connectivity index (χ1) is 13.8. The molecule has 0 saturated carbocycles. The van der Waals surface area contributed by atoms with Crippen molar-refractivity contribution in [3.63, 3.8) is 0 Å². The van der Waals surface area contributed by atoms with E-state index in [2.05, 4.69) is 9.88 Å². The quantitative estimate of drug-likeness (QED) is 0.481. The predicted molar refractivity (Wildman–Crippen MR) is 102 cm³/mol. The number of nitrogens with zero attached hydrogens (tertiary/aromatic N) is 3. The smallest absolute Gasteiger partial charge is 0.379 e. The van der Waals surface area contributed by atoms with E-state index in [-0.39, 0.29) is 5.69 Å². The highest BCUT2D eigenvalue weighted by molar-refractivity contribution is 7.99. The van der Waals surface area contributed by atoms with Gasteiger partial charge in [-0.2, -0.15) is 13.2 Å². The molecule has 10 heteroatoms. The second-order valence-electron chi connectivity index (χ2n) is 6.59. The number of aryl methyl sites for hydroxylation is 1. The Bertz CT molecular complexity index is 841. The highest BCUT2D eigenvalue weighted by Gasteiger charge is 2.30. The Balaban J connectivity index is 1.71. The molecule has 0 radical (unpaired) electrons. The van der Waals surface area contributed by atoms with Crippen molar-refractivity contribution in [1.29, 1.82) is 0 Å². The molecule has 6 nitrogen and oxygen atoms in total. The van der Waals surface area contributed by atoms with E-state index in [1.54, 1.807) is 6.07 Å². The number of benzene rings is 1. The summed E-state index contributed by atoms with van der Waals surface area (Å²) in [7, 11) is 0. The summed E-state index contributed by atoms with van der Waals surface area (Å²) in [5.74, 6) is 0. The average molecular weight is 427 g/mol. The molecule has 1 saturated heterocycles. The van der Waals surface area contributed by atoms with Crippen molar-refractivity contribution >= 4 is 17.4 Å². The van der Waals surface area contributed by atoms with Gasteiger partial charge < -0.3 is 4.74 Å². The minimum atomic E-state index is -4.44. The summed E-state index contributed by atoms with van der Waals surface area (Å²) in [6, 6.07) is 6.86. The number of nitro benzene ring substituents is 1. The van der Waals surface area contributed by atoms with E-state index < -0.39 is 16.7 Å². The van der Waals surface area contributed by atoms with E-state index in [0.717, 1.165) is 48.8 Å². The molecule has 1 aromatic heterocycles. The van der Waals surface area contributed by atoms with Gasteiger partial charge in [0.15, 0.2) is 0 Å². The molecule has 0 atom stereocenters. The molecular formula is C19H20F3N3O3S. The van der Waals surface area contributed by atoms with Crippen LogP contribution in [0.1, 0.15) is 17.5 Å². The summed E-state index contributed by atoms with van der Waals surface area (Å²) < 4.78 is 43.4. The Morgan fingerprint density at radius 3 is 2.59 bits per heavy atom. The molecule has 0 unspecified atom stereocenters. The SMILES string of the molecule is O=[N+]([O-])c1ccc(Sc2ccc(C(F)(F)F)cn2)c(CCCN2CCOCC2)c1. The average Bonchev–Trinajstić information content (AvgIpc) is 2.69. The Labute approximate surface area is 170 Å². The molecule has 0 spiro atoms. The van der Waals surface area contributed by atoms with Crippen molar-refractivity contribution in [1.82, 2.24) is 9.88 Å². The van der Waals surface area contributed by atoms with Gasteiger partial charge in [0, 0.05) is 36.3 Å². The zero-order valence-corrected chi connectivity index (χ0v) is 16.3. The number of aromatic nitrogens is 1. The predicted octanol–water partition coefficient (Wildman–Crippen LogP) is 4.42. The van der Waals surface area contributed by atoms with E-state index in [9.17, 15) is 23.3 Å². The molecule has 3 rings (SSSR count). The second-order valence-corrected chi connectivity index (χ2v) is 7.65. The molecule has 0 bridgehead atoms. The molecule has 2 aromatic rings. The van der Waals surface area contributed by atoms with Crippen LogP contribution in [-0.2, 0) is 17.3 Å². The number of morpholine rings is 1. The molecule has 29 heavy (non-hydrogen) atoms. The summed E-state index contributed by atoms with van der Waals surface area (Å²) in [5.41, 5.74) is -0.0217. The van der Waals surface area contributed by atoms with E-state index in [1.807, 2.05) is 0 Å². The second kappa shape index (κ2) is 9.55. The largest absolute Gasteiger partial charge is 0.417 e. The third-order valence-electron chi connectivity index (χ3n) is 4.56. The van der Waals surface area contributed by atoms with Gasteiger partial charge in [-0.05, 0) is 43.1 Å². The van der Waals surface area contributed by atoms with Crippen LogP contribution < -0.4 is 0 Å². The van der Waals surface area contributed by atoms with Gasteiger partial charge in [0.1, 0.15) is 5.03 Å². The summed E-state index contributed by atoms with van der Waals surface area (Å²) in [6.07, 6.45) is -2.20. The monoisotopic (exact) mass is 427 g/mol. The number of hydrogen-bond acceptors (Lipinski definition) is 6. The number of non-ortho nitro benzene ring substituents is 1. The molecule has 1 aliphatic heterocycles. The molecule has 1 aliphatic rings. The highest BCUT2D eigenvalue weighted by atomic mass is 32.2. The molecule has 0 amide bonds. The first-order valence-corrected chi connectivity index (χ1v) is 9.93. The van der Waals surface area contributed by atoms with Gasteiger partial charge in [-0.15, -0.1) is 0 Å². The Morgan fingerprint density at radius 2 is 1.97 bits per heavy atom. The van der Waals surface area contributed by atoms with E-state index in [4.69, 9.17) is 4.74 Å². The van der Waals surface area contributed by atoms with E-state index >= 15 is 0 Å². The molecular weight excluding hydrogens is 407 g/mol. The first kappa shape index (κ1) is 21.5. The number of hydrogen-bond donors (Lipinski definition) is 0. The van der Waals surface area contributed by atoms with Crippen molar-refractivity contribution in [2.24, 2.45) is 0 Å². The summed E-state index contributed by atoms with van der Waals surface area (Å²) in [6.45, 7) is 4.00. The van der Waals surface area contributed by atoms with E-state index in [0.29, 0.717) is 24.7 Å². The van der Waals surface area contributed by atoms with Crippen LogP contribution in [0, 0.1) is 10.1 Å². The number of nitro groups is 1. The summed E-state index contributed by atoms with van der Waals surface area (Å²) >= 11 is 1.21. The zero-order chi connectivity index (χ0) is 20.9. The Hall–Kier alpha value is -2.17. The maximum absolute atomic E-state index is 12.7. The van der Waals surface area contributed by atoms with Crippen molar-refractivity contribution in [2.45, 2.75) is 28.9 Å². The summed E-state index contributed by atoms with van der Waals surface area (Å²) in [4.78, 5) is 17.6. The van der Waals surface area contributed by atoms with E-state index in [1.165, 1.54) is 30.0 Å². The molecule has 0 N–H and O–H groups in total. The van der Waals surface area contributed by atoms with Crippen LogP contribution in [0.25, 0.3) is 0 Å². The van der Waals surface area contributed by atoms with Gasteiger partial charge in [0.25, 0.3) is 5.69 Å². The normalized spacial score (nSPS) is 15.4. The topological polar surface area (TPSA) is 68.5 Å². The zero-order valence-electron chi connectivity index (χ0n) is 15.5. The van der Waals surface area contributed by atoms with Crippen LogP contribution in [0.4, 0.5) is 18.9 Å². The van der Waals surface area contributed by atoms with Gasteiger partial charge in [0.2, 0.25) is 0 Å². The lowest BCUT2D eigenvalue weighted by molar-refractivity contribution is -0.385. The van der Waals surface area contributed by atoms with Gasteiger partial charge in [-0.1, -0.05) is 11.8 Å². The molecule has 156 valence electrons. The number of ether oxygens (including phenoxy) is 1. The third-order valence-corrected chi connectivity index (χ3v) is 5.63. The van der Waals surface area contributed by atoms with Crippen molar-refractivity contribution < 1.29 is 22.8 Å².